The van der Waals surface area contributed by atoms with Crippen LogP contribution in [-0.2, 0) is 0 Å². The third-order valence-electron chi connectivity index (χ3n) is 3.88. The summed E-state index contributed by atoms with van der Waals surface area (Å²) in [5, 5.41) is 3.34. The Morgan fingerprint density at radius 1 is 1.05 bits per heavy atom. The number of carbonyl (C=O) groups is 1. The lowest BCUT2D eigenvalue weighted by Crippen LogP contribution is -2.34. The summed E-state index contributed by atoms with van der Waals surface area (Å²) in [6.45, 7) is 3.59. The van der Waals surface area contributed by atoms with Crippen molar-refractivity contribution in [3.05, 3.63) is 35.4 Å². The molecule has 5 heteroatoms. The van der Waals surface area contributed by atoms with Gasteiger partial charge in [-0.2, -0.15) is 0 Å². The first-order valence-corrected chi connectivity index (χ1v) is 9.77. The highest BCUT2D eigenvalue weighted by Gasteiger charge is 2.19. The van der Waals surface area contributed by atoms with Gasteiger partial charge in [-0.05, 0) is 48.6 Å². The van der Waals surface area contributed by atoms with Crippen LogP contribution in [0.25, 0.3) is 0 Å². The highest BCUT2D eigenvalue weighted by Crippen LogP contribution is 2.43. The molecule has 2 heterocycles. The van der Waals surface area contributed by atoms with E-state index < -0.39 is 0 Å². The highest BCUT2D eigenvalue weighted by atomic mass is 32.2. The first-order valence-electron chi connectivity index (χ1n) is 7.68. The number of thioether (sulfide) groups is 2. The van der Waals surface area contributed by atoms with Crippen LogP contribution in [-0.4, -0.2) is 48.5 Å². The van der Waals surface area contributed by atoms with Crippen molar-refractivity contribution in [3.8, 4) is 0 Å². The van der Waals surface area contributed by atoms with Gasteiger partial charge in [-0.1, -0.05) is 12.1 Å². The lowest BCUT2D eigenvalue weighted by molar-refractivity contribution is 0.0766. The van der Waals surface area contributed by atoms with E-state index in [9.17, 15) is 4.79 Å². The quantitative estimate of drug-likeness (QED) is 0.907. The Bertz CT molecular complexity index is 464. The van der Waals surface area contributed by atoms with Crippen molar-refractivity contribution >= 4 is 29.4 Å². The Labute approximate surface area is 135 Å². The fourth-order valence-electron chi connectivity index (χ4n) is 2.69. The SMILES string of the molecule is O=C(c1ccc(C2SCCCS2)cc1)N1CCCNCC1. The molecule has 2 saturated heterocycles. The molecule has 0 atom stereocenters. The lowest BCUT2D eigenvalue weighted by Gasteiger charge is -2.22. The standard InChI is InChI=1S/C16H22N2OS2/c19-15(18-9-1-7-17-8-10-18)13-3-5-14(6-4-13)16-20-11-2-12-21-16/h3-6,16-17H,1-2,7-12H2. The molecule has 0 radical (unpaired) electrons. The first-order chi connectivity index (χ1) is 10.3. The van der Waals surface area contributed by atoms with Gasteiger partial charge in [0.1, 0.15) is 0 Å². The van der Waals surface area contributed by atoms with Crippen LogP contribution < -0.4 is 5.32 Å². The second-order valence-corrected chi connectivity index (χ2v) is 8.17. The average molecular weight is 322 g/mol. The number of nitrogens with one attached hydrogen (secondary N) is 1. The maximum Gasteiger partial charge on any atom is 0.253 e. The van der Waals surface area contributed by atoms with E-state index in [1.807, 2.05) is 40.6 Å². The van der Waals surface area contributed by atoms with Crippen molar-refractivity contribution in [2.24, 2.45) is 0 Å². The third kappa shape index (κ3) is 3.96. The molecule has 0 aliphatic carbocycles. The van der Waals surface area contributed by atoms with E-state index in [1.54, 1.807) is 0 Å². The molecule has 0 aromatic heterocycles. The van der Waals surface area contributed by atoms with Crippen LogP contribution in [0.3, 0.4) is 0 Å². The molecule has 3 nitrogen and oxygen atoms in total. The number of rotatable bonds is 2. The minimum Gasteiger partial charge on any atom is -0.337 e. The lowest BCUT2D eigenvalue weighted by atomic mass is 10.1. The molecule has 0 saturated carbocycles. The topological polar surface area (TPSA) is 32.3 Å². The molecule has 114 valence electrons. The van der Waals surface area contributed by atoms with E-state index in [0.29, 0.717) is 4.58 Å². The molecule has 0 unspecified atom stereocenters. The molecule has 1 aromatic carbocycles. The van der Waals surface area contributed by atoms with Gasteiger partial charge >= 0.3 is 0 Å². The summed E-state index contributed by atoms with van der Waals surface area (Å²) < 4.78 is 0.547. The van der Waals surface area contributed by atoms with Gasteiger partial charge < -0.3 is 10.2 Å². The monoisotopic (exact) mass is 322 g/mol. The fraction of sp³-hybridized carbons (Fsp3) is 0.562. The summed E-state index contributed by atoms with van der Waals surface area (Å²) in [4.78, 5) is 14.5. The molecule has 2 fully saturated rings. The minimum absolute atomic E-state index is 0.175. The predicted octanol–water partition coefficient (Wildman–Crippen LogP) is 2.99. The van der Waals surface area contributed by atoms with E-state index in [4.69, 9.17) is 0 Å². The van der Waals surface area contributed by atoms with E-state index in [1.165, 1.54) is 23.5 Å². The van der Waals surface area contributed by atoms with E-state index in [-0.39, 0.29) is 5.91 Å². The average Bonchev–Trinajstić information content (AvgIpc) is 2.84. The number of hydrogen-bond acceptors (Lipinski definition) is 4. The molecule has 0 bridgehead atoms. The summed E-state index contributed by atoms with van der Waals surface area (Å²) in [5.74, 6) is 2.67. The molecule has 2 aliphatic heterocycles. The Balaban J connectivity index is 1.66. The molecule has 2 aliphatic rings. The number of carbonyl (C=O) groups excluding carboxylic acids is 1. The molecule has 21 heavy (non-hydrogen) atoms. The van der Waals surface area contributed by atoms with Gasteiger partial charge in [0.25, 0.3) is 5.91 Å². The first kappa shape index (κ1) is 15.3. The molecule has 1 amide bonds. The summed E-state index contributed by atoms with van der Waals surface area (Å²) in [6, 6.07) is 8.29. The van der Waals surface area contributed by atoms with Gasteiger partial charge in [0.15, 0.2) is 0 Å². The smallest absolute Gasteiger partial charge is 0.253 e. The number of nitrogens with zero attached hydrogens (tertiary/aromatic N) is 1. The molecular formula is C16H22N2OS2. The minimum atomic E-state index is 0.175. The van der Waals surface area contributed by atoms with Gasteiger partial charge in [0, 0.05) is 25.2 Å². The summed E-state index contributed by atoms with van der Waals surface area (Å²) >= 11 is 4.04. The molecule has 3 rings (SSSR count). The van der Waals surface area contributed by atoms with Crippen LogP contribution in [0.4, 0.5) is 0 Å². The predicted molar refractivity (Wildman–Crippen MR) is 92.1 cm³/mol. The number of hydrogen-bond donors (Lipinski definition) is 1. The van der Waals surface area contributed by atoms with Gasteiger partial charge in [-0.25, -0.2) is 0 Å². The van der Waals surface area contributed by atoms with Crippen LogP contribution in [0, 0.1) is 0 Å². The van der Waals surface area contributed by atoms with Crippen LogP contribution in [0.1, 0.15) is 33.3 Å². The normalized spacial score (nSPS) is 21.0. The van der Waals surface area contributed by atoms with Crippen LogP contribution in [0.15, 0.2) is 24.3 Å². The Kier molecular flexibility index (Phi) is 5.49. The van der Waals surface area contributed by atoms with Crippen LogP contribution in [0.5, 0.6) is 0 Å². The van der Waals surface area contributed by atoms with Crippen molar-refractivity contribution in [2.75, 3.05) is 37.7 Å². The Hall–Kier alpha value is -0.650. The van der Waals surface area contributed by atoms with Gasteiger partial charge in [0.05, 0.1) is 4.58 Å². The van der Waals surface area contributed by atoms with Crippen LogP contribution in [0.2, 0.25) is 0 Å². The zero-order chi connectivity index (χ0) is 14.5. The summed E-state index contributed by atoms with van der Waals surface area (Å²) in [6.07, 6.45) is 2.35. The zero-order valence-corrected chi connectivity index (χ0v) is 13.8. The van der Waals surface area contributed by atoms with Gasteiger partial charge in [-0.3, -0.25) is 4.79 Å². The largest absolute Gasteiger partial charge is 0.337 e. The van der Waals surface area contributed by atoms with E-state index in [2.05, 4.69) is 17.4 Å². The summed E-state index contributed by atoms with van der Waals surface area (Å²) in [5.41, 5.74) is 2.17. The summed E-state index contributed by atoms with van der Waals surface area (Å²) in [7, 11) is 0. The van der Waals surface area contributed by atoms with Crippen molar-refractivity contribution in [1.29, 1.82) is 0 Å². The van der Waals surface area contributed by atoms with E-state index in [0.717, 1.165) is 38.2 Å². The maximum atomic E-state index is 12.5. The van der Waals surface area contributed by atoms with Crippen molar-refractivity contribution < 1.29 is 4.79 Å². The zero-order valence-electron chi connectivity index (χ0n) is 12.2. The van der Waals surface area contributed by atoms with Crippen molar-refractivity contribution in [3.63, 3.8) is 0 Å². The highest BCUT2D eigenvalue weighted by molar-refractivity contribution is 8.16. The van der Waals surface area contributed by atoms with E-state index >= 15 is 0 Å². The van der Waals surface area contributed by atoms with Gasteiger partial charge in [0.2, 0.25) is 0 Å². The Morgan fingerprint density at radius 3 is 2.57 bits per heavy atom. The second-order valence-electron chi connectivity index (χ2n) is 5.44. The number of benzene rings is 1. The fourth-order valence-corrected chi connectivity index (χ4v) is 5.59. The molecule has 0 spiro atoms. The molecule has 1 N–H and O–H groups in total. The third-order valence-corrected chi connectivity index (χ3v) is 6.90. The van der Waals surface area contributed by atoms with Crippen molar-refractivity contribution in [2.45, 2.75) is 17.4 Å². The second kappa shape index (κ2) is 7.56. The molecular weight excluding hydrogens is 300 g/mol. The Morgan fingerprint density at radius 2 is 1.81 bits per heavy atom. The van der Waals surface area contributed by atoms with Crippen molar-refractivity contribution in [1.82, 2.24) is 10.2 Å². The van der Waals surface area contributed by atoms with Crippen LogP contribution >= 0.6 is 23.5 Å². The maximum absolute atomic E-state index is 12.5. The number of amides is 1. The van der Waals surface area contributed by atoms with Gasteiger partial charge in [-0.15, -0.1) is 23.5 Å². The molecule has 1 aromatic rings.